The van der Waals surface area contributed by atoms with Crippen LogP contribution in [0.3, 0.4) is 0 Å². The van der Waals surface area contributed by atoms with Gasteiger partial charge < -0.3 is 5.11 Å². The van der Waals surface area contributed by atoms with Gasteiger partial charge in [0.2, 0.25) is 0 Å². The third-order valence-electron chi connectivity index (χ3n) is 5.73. The number of hydrogen-bond donors (Lipinski definition) is 1. The van der Waals surface area contributed by atoms with E-state index in [1.807, 2.05) is 51.1 Å². The van der Waals surface area contributed by atoms with Crippen LogP contribution in [-0.4, -0.2) is 21.8 Å². The maximum Gasteiger partial charge on any atom is 0.300 e. The van der Waals surface area contributed by atoms with Crippen LogP contribution in [0.5, 0.6) is 0 Å². The Bertz CT molecular complexity index is 1180. The first kappa shape index (κ1) is 20.5. The van der Waals surface area contributed by atoms with Crippen molar-refractivity contribution in [1.82, 2.24) is 4.98 Å². The van der Waals surface area contributed by atoms with Gasteiger partial charge >= 0.3 is 0 Å². The van der Waals surface area contributed by atoms with E-state index in [0.717, 1.165) is 23.1 Å². The smallest absolute Gasteiger partial charge is 0.300 e. The zero-order chi connectivity index (χ0) is 22.1. The Labute approximate surface area is 181 Å². The fourth-order valence-corrected chi connectivity index (χ4v) is 3.97. The number of pyridine rings is 1. The monoisotopic (exact) mass is 412 g/mol. The lowest BCUT2D eigenvalue weighted by atomic mass is 9.95. The minimum absolute atomic E-state index is 0.0846. The maximum absolute atomic E-state index is 13.2. The third kappa shape index (κ3) is 3.63. The summed E-state index contributed by atoms with van der Waals surface area (Å²) in [5.41, 5.74) is 4.94. The molecule has 4 rings (SSSR count). The average molecular weight is 412 g/mol. The van der Waals surface area contributed by atoms with E-state index >= 15 is 0 Å². The minimum atomic E-state index is -0.741. The van der Waals surface area contributed by atoms with Crippen LogP contribution in [0.2, 0.25) is 0 Å². The molecule has 0 saturated carbocycles. The Morgan fingerprint density at radius 2 is 1.68 bits per heavy atom. The average Bonchev–Trinajstić information content (AvgIpc) is 3.06. The van der Waals surface area contributed by atoms with E-state index in [2.05, 4.69) is 4.98 Å². The van der Waals surface area contributed by atoms with Gasteiger partial charge in [0.05, 0.1) is 11.6 Å². The van der Waals surface area contributed by atoms with Crippen molar-refractivity contribution in [3.8, 4) is 0 Å². The van der Waals surface area contributed by atoms with Crippen molar-refractivity contribution in [2.24, 2.45) is 0 Å². The molecule has 0 spiro atoms. The number of nitrogens with zero attached hydrogens (tertiary/aromatic N) is 2. The molecule has 1 aliphatic heterocycles. The number of aromatic nitrogens is 1. The second-order valence-electron chi connectivity index (χ2n) is 7.79. The number of anilines is 1. The maximum atomic E-state index is 13.2. The topological polar surface area (TPSA) is 70.5 Å². The minimum Gasteiger partial charge on any atom is -0.507 e. The van der Waals surface area contributed by atoms with Crippen LogP contribution in [0.25, 0.3) is 5.76 Å². The molecule has 1 unspecified atom stereocenters. The van der Waals surface area contributed by atoms with Crippen LogP contribution < -0.4 is 4.90 Å². The Kier molecular flexibility index (Phi) is 5.42. The number of carbonyl (C=O) groups excluding carboxylic acids is 2. The van der Waals surface area contributed by atoms with Gasteiger partial charge in [-0.3, -0.25) is 19.5 Å². The molecular formula is C26H24N2O3. The molecule has 31 heavy (non-hydrogen) atoms. The molecule has 1 aromatic heterocycles. The van der Waals surface area contributed by atoms with Crippen molar-refractivity contribution >= 4 is 23.1 Å². The standard InChI is InChI=1S/C26H24N2O3/c1-4-18-7-9-20(10-8-18)24(29)22-23(19-11-13-27-14-12-19)28(26(31)25(22)30)21-15-16(2)5-6-17(21)3/h5-15,23,29H,4H2,1-3H3/b24-22+. The van der Waals surface area contributed by atoms with Gasteiger partial charge in [-0.1, -0.05) is 43.3 Å². The fraction of sp³-hybridized carbons (Fsp3) is 0.192. The highest BCUT2D eigenvalue weighted by Crippen LogP contribution is 2.43. The van der Waals surface area contributed by atoms with Gasteiger partial charge in [0, 0.05) is 23.6 Å². The predicted molar refractivity (Wildman–Crippen MR) is 121 cm³/mol. The fourth-order valence-electron chi connectivity index (χ4n) is 3.97. The quantitative estimate of drug-likeness (QED) is 0.376. The first-order valence-electron chi connectivity index (χ1n) is 10.3. The number of amides is 1. The lowest BCUT2D eigenvalue weighted by molar-refractivity contribution is -0.132. The zero-order valence-electron chi connectivity index (χ0n) is 17.8. The number of aliphatic hydroxyl groups is 1. The Morgan fingerprint density at radius 1 is 1.00 bits per heavy atom. The van der Waals surface area contributed by atoms with Gasteiger partial charge in [0.25, 0.3) is 11.7 Å². The molecule has 5 nitrogen and oxygen atoms in total. The third-order valence-corrected chi connectivity index (χ3v) is 5.73. The summed E-state index contributed by atoms with van der Waals surface area (Å²) in [5.74, 6) is -1.52. The molecule has 2 heterocycles. The van der Waals surface area contributed by atoms with Crippen LogP contribution in [0.1, 0.15) is 40.8 Å². The van der Waals surface area contributed by atoms with Crippen molar-refractivity contribution in [3.63, 3.8) is 0 Å². The zero-order valence-corrected chi connectivity index (χ0v) is 17.8. The largest absolute Gasteiger partial charge is 0.507 e. The Balaban J connectivity index is 1.94. The molecule has 0 aliphatic carbocycles. The van der Waals surface area contributed by atoms with Gasteiger partial charge in [-0.15, -0.1) is 0 Å². The van der Waals surface area contributed by atoms with E-state index in [4.69, 9.17) is 0 Å². The van der Waals surface area contributed by atoms with Crippen LogP contribution >= 0.6 is 0 Å². The number of rotatable bonds is 4. The van der Waals surface area contributed by atoms with Crippen molar-refractivity contribution in [1.29, 1.82) is 0 Å². The lowest BCUT2D eigenvalue weighted by Gasteiger charge is -2.27. The summed E-state index contributed by atoms with van der Waals surface area (Å²) in [5, 5.41) is 11.2. The van der Waals surface area contributed by atoms with Crippen molar-refractivity contribution in [2.45, 2.75) is 33.2 Å². The van der Waals surface area contributed by atoms with Gasteiger partial charge in [0.15, 0.2) is 0 Å². The van der Waals surface area contributed by atoms with Gasteiger partial charge in [-0.2, -0.15) is 0 Å². The molecule has 0 radical (unpaired) electrons. The number of aryl methyl sites for hydroxylation is 3. The molecular weight excluding hydrogens is 388 g/mol. The summed E-state index contributed by atoms with van der Waals surface area (Å²) >= 11 is 0. The number of carbonyl (C=O) groups is 2. The summed E-state index contributed by atoms with van der Waals surface area (Å²) in [7, 11) is 0. The van der Waals surface area contributed by atoms with Crippen molar-refractivity contribution in [2.75, 3.05) is 4.90 Å². The van der Waals surface area contributed by atoms with Crippen LogP contribution in [0.4, 0.5) is 5.69 Å². The van der Waals surface area contributed by atoms with Crippen molar-refractivity contribution < 1.29 is 14.7 Å². The predicted octanol–water partition coefficient (Wildman–Crippen LogP) is 4.89. The lowest BCUT2D eigenvalue weighted by Crippen LogP contribution is -2.30. The van der Waals surface area contributed by atoms with E-state index in [1.165, 1.54) is 4.90 Å². The summed E-state index contributed by atoms with van der Waals surface area (Å²) in [6.45, 7) is 5.89. The molecule has 1 saturated heterocycles. The summed E-state index contributed by atoms with van der Waals surface area (Å²) in [4.78, 5) is 32.0. The number of benzene rings is 2. The van der Waals surface area contributed by atoms with Gasteiger partial charge in [-0.25, -0.2) is 0 Å². The number of aliphatic hydroxyl groups excluding tert-OH is 1. The van der Waals surface area contributed by atoms with E-state index in [-0.39, 0.29) is 11.3 Å². The molecule has 0 bridgehead atoms. The van der Waals surface area contributed by atoms with Gasteiger partial charge in [0.1, 0.15) is 5.76 Å². The van der Waals surface area contributed by atoms with Crippen LogP contribution in [0, 0.1) is 13.8 Å². The normalized spacial score (nSPS) is 17.9. The van der Waals surface area contributed by atoms with Gasteiger partial charge in [-0.05, 0) is 60.7 Å². The van der Waals surface area contributed by atoms with Crippen LogP contribution in [0.15, 0.2) is 72.6 Å². The van der Waals surface area contributed by atoms with Crippen LogP contribution in [-0.2, 0) is 16.0 Å². The first-order chi connectivity index (χ1) is 14.9. The molecule has 156 valence electrons. The molecule has 1 fully saturated rings. The molecule has 5 heteroatoms. The van der Waals surface area contributed by atoms with E-state index < -0.39 is 17.7 Å². The molecule has 2 aromatic carbocycles. The summed E-state index contributed by atoms with van der Waals surface area (Å²) < 4.78 is 0. The second kappa shape index (κ2) is 8.19. The molecule has 1 aliphatic rings. The summed E-state index contributed by atoms with van der Waals surface area (Å²) in [6.07, 6.45) is 4.11. The molecule has 1 atom stereocenters. The highest BCUT2D eigenvalue weighted by molar-refractivity contribution is 6.51. The molecule has 1 N–H and O–H groups in total. The molecule has 3 aromatic rings. The number of Topliss-reactive ketones (excluding diaryl/α,β-unsaturated/α-hetero) is 1. The molecule has 1 amide bonds. The number of ketones is 1. The highest BCUT2D eigenvalue weighted by atomic mass is 16.3. The first-order valence-corrected chi connectivity index (χ1v) is 10.3. The van der Waals surface area contributed by atoms with E-state index in [9.17, 15) is 14.7 Å². The second-order valence-corrected chi connectivity index (χ2v) is 7.79. The van der Waals surface area contributed by atoms with E-state index in [1.54, 1.807) is 36.7 Å². The highest BCUT2D eigenvalue weighted by Gasteiger charge is 2.47. The SMILES string of the molecule is CCc1ccc(/C(O)=C2\C(=O)C(=O)N(c3cc(C)ccc3C)C2c2ccncc2)cc1. The number of hydrogen-bond acceptors (Lipinski definition) is 4. The Hall–Kier alpha value is -3.73. The van der Waals surface area contributed by atoms with E-state index in [0.29, 0.717) is 16.8 Å². The summed E-state index contributed by atoms with van der Waals surface area (Å²) in [6, 6.07) is 16.0. The van der Waals surface area contributed by atoms with Crippen molar-refractivity contribution in [3.05, 3.63) is 100 Å². The Morgan fingerprint density at radius 3 is 2.32 bits per heavy atom.